The number of aromatic nitrogens is 5. The van der Waals surface area contributed by atoms with Gasteiger partial charge in [-0.2, -0.15) is 4.31 Å². The number of carbonyl (C=O) groups is 1. The molecule has 0 aliphatic carbocycles. The van der Waals surface area contributed by atoms with Crippen LogP contribution in [0.25, 0.3) is 0 Å². The zero-order chi connectivity index (χ0) is 20.1. The maximum atomic E-state index is 12.8. The normalized spacial score (nSPS) is 19.0. The molecule has 11 heteroatoms. The minimum atomic E-state index is -3.61. The van der Waals surface area contributed by atoms with Crippen LogP contribution in [0.5, 0.6) is 0 Å². The fraction of sp³-hybridized carbons (Fsp3) is 0.647. The van der Waals surface area contributed by atoms with Crippen LogP contribution in [0.2, 0.25) is 0 Å². The molecule has 4 heterocycles. The summed E-state index contributed by atoms with van der Waals surface area (Å²) in [6.07, 6.45) is 4.85. The third-order valence-electron chi connectivity index (χ3n) is 5.30. The van der Waals surface area contributed by atoms with Gasteiger partial charge in [-0.15, -0.1) is 5.10 Å². The van der Waals surface area contributed by atoms with E-state index in [0.29, 0.717) is 26.1 Å². The summed E-state index contributed by atoms with van der Waals surface area (Å²) < 4.78 is 30.5. The molecule has 0 saturated carbocycles. The number of amides is 1. The number of rotatable bonds is 6. The van der Waals surface area contributed by atoms with Crippen molar-refractivity contribution in [3.05, 3.63) is 23.9 Å². The predicted molar refractivity (Wildman–Crippen MR) is 99.8 cm³/mol. The monoisotopic (exact) mass is 407 g/mol. The molecule has 10 nitrogen and oxygen atoms in total. The Bertz CT molecular complexity index is 988. The third kappa shape index (κ3) is 3.32. The van der Waals surface area contributed by atoms with Crippen LogP contribution in [-0.4, -0.2) is 67.7 Å². The van der Waals surface area contributed by atoms with E-state index in [9.17, 15) is 13.2 Å². The maximum Gasteiger partial charge on any atom is 0.262 e. The zero-order valence-corrected chi connectivity index (χ0v) is 17.1. The number of hydrogen-bond acceptors (Lipinski definition) is 6. The maximum absolute atomic E-state index is 12.8. The van der Waals surface area contributed by atoms with E-state index in [0.717, 1.165) is 24.5 Å². The number of nitrogens with zero attached hydrogens (tertiary/aromatic N) is 7. The summed E-state index contributed by atoms with van der Waals surface area (Å²) in [7, 11) is -1.80. The van der Waals surface area contributed by atoms with Crippen LogP contribution in [0, 0.1) is 0 Å². The van der Waals surface area contributed by atoms with Crippen molar-refractivity contribution in [1.82, 2.24) is 33.8 Å². The molecule has 28 heavy (non-hydrogen) atoms. The molecule has 0 bridgehead atoms. The molecule has 4 rings (SSSR count). The van der Waals surface area contributed by atoms with Gasteiger partial charge in [-0.25, -0.2) is 18.1 Å². The van der Waals surface area contributed by atoms with E-state index in [1.165, 1.54) is 4.31 Å². The van der Waals surface area contributed by atoms with Gasteiger partial charge < -0.3 is 9.47 Å². The van der Waals surface area contributed by atoms with Crippen LogP contribution in [0.3, 0.4) is 0 Å². The van der Waals surface area contributed by atoms with Gasteiger partial charge in [0.25, 0.3) is 10.0 Å². The van der Waals surface area contributed by atoms with Gasteiger partial charge in [-0.05, 0) is 6.42 Å². The minimum absolute atomic E-state index is 0.0569. The first-order chi connectivity index (χ1) is 13.3. The van der Waals surface area contributed by atoms with Crippen LogP contribution in [0.4, 0.5) is 0 Å². The van der Waals surface area contributed by atoms with E-state index in [2.05, 4.69) is 15.3 Å². The fourth-order valence-electron chi connectivity index (χ4n) is 3.66. The molecule has 0 spiro atoms. The summed E-state index contributed by atoms with van der Waals surface area (Å²) in [5.41, 5.74) is 0.725. The average molecular weight is 408 g/mol. The Morgan fingerprint density at radius 1 is 1.25 bits per heavy atom. The molecule has 2 saturated heterocycles. The highest BCUT2D eigenvalue weighted by Gasteiger charge is 2.40. The first-order valence-corrected chi connectivity index (χ1v) is 10.9. The van der Waals surface area contributed by atoms with Gasteiger partial charge in [-0.1, -0.05) is 19.1 Å². The summed E-state index contributed by atoms with van der Waals surface area (Å²) in [5.74, 6) is 1.04. The van der Waals surface area contributed by atoms with E-state index in [-0.39, 0.29) is 22.9 Å². The summed E-state index contributed by atoms with van der Waals surface area (Å²) in [4.78, 5) is 17.8. The lowest BCUT2D eigenvalue weighted by Crippen LogP contribution is -2.50. The Morgan fingerprint density at radius 3 is 2.61 bits per heavy atom. The first kappa shape index (κ1) is 19.1. The Hall–Kier alpha value is -2.27. The Kier molecular flexibility index (Phi) is 4.74. The molecule has 0 N–H and O–H groups in total. The van der Waals surface area contributed by atoms with Crippen LogP contribution in [0.15, 0.2) is 17.4 Å². The van der Waals surface area contributed by atoms with Gasteiger partial charge in [0.1, 0.15) is 11.5 Å². The molecule has 2 aliphatic heterocycles. The summed E-state index contributed by atoms with van der Waals surface area (Å²) >= 11 is 0. The van der Waals surface area contributed by atoms with E-state index in [4.69, 9.17) is 0 Å². The van der Waals surface area contributed by atoms with Crippen molar-refractivity contribution in [2.45, 2.75) is 50.2 Å². The van der Waals surface area contributed by atoms with Crippen LogP contribution in [-0.2, 0) is 28.4 Å². The molecule has 152 valence electrons. The van der Waals surface area contributed by atoms with Crippen molar-refractivity contribution >= 4 is 15.9 Å². The highest BCUT2D eigenvalue weighted by Crippen LogP contribution is 2.28. The first-order valence-electron chi connectivity index (χ1n) is 9.47. The van der Waals surface area contributed by atoms with Crippen LogP contribution >= 0.6 is 0 Å². The second-order valence-corrected chi connectivity index (χ2v) is 9.67. The molecular formula is C17H25N7O3S. The van der Waals surface area contributed by atoms with E-state index in [1.54, 1.807) is 26.5 Å². The predicted octanol–water partition coefficient (Wildman–Crippen LogP) is 0.503. The smallest absolute Gasteiger partial charge is 0.262 e. The molecule has 0 radical (unpaired) electrons. The van der Waals surface area contributed by atoms with E-state index < -0.39 is 10.0 Å². The van der Waals surface area contributed by atoms with Crippen LogP contribution in [0.1, 0.15) is 50.2 Å². The van der Waals surface area contributed by atoms with Crippen molar-refractivity contribution in [3.63, 3.8) is 0 Å². The van der Waals surface area contributed by atoms with Gasteiger partial charge in [0.15, 0.2) is 5.03 Å². The molecule has 2 aromatic heterocycles. The second kappa shape index (κ2) is 6.96. The van der Waals surface area contributed by atoms with Gasteiger partial charge >= 0.3 is 0 Å². The lowest BCUT2D eigenvalue weighted by molar-refractivity contribution is -0.128. The van der Waals surface area contributed by atoms with Crippen molar-refractivity contribution in [2.24, 2.45) is 7.05 Å². The molecular weight excluding hydrogens is 382 g/mol. The van der Waals surface area contributed by atoms with Crippen molar-refractivity contribution < 1.29 is 13.2 Å². The number of aryl methyl sites for hydroxylation is 1. The Morgan fingerprint density at radius 2 is 2.00 bits per heavy atom. The van der Waals surface area contributed by atoms with Crippen LogP contribution < -0.4 is 0 Å². The molecule has 2 fully saturated rings. The number of hydrogen-bond donors (Lipinski definition) is 0. The number of carbonyl (C=O) groups excluding carboxylic acids is 1. The van der Waals surface area contributed by atoms with Gasteiger partial charge in [0.2, 0.25) is 5.91 Å². The quantitative estimate of drug-likeness (QED) is 0.690. The highest BCUT2D eigenvalue weighted by atomic mass is 32.2. The number of imidazole rings is 1. The molecule has 2 aromatic rings. The topological polar surface area (TPSA) is 106 Å². The standard InChI is InChI=1S/C17H25N7O3S/c1-12(2)17-18-15(11-21(17)3)28(26,27)23-9-14(10-23)24-8-13(19-20-24)7-22-6-4-5-16(22)25/h8,11-12,14H,4-7,9-10H2,1-3H3. The molecule has 2 aliphatic rings. The summed E-state index contributed by atoms with van der Waals surface area (Å²) in [5, 5.41) is 8.34. The third-order valence-corrected chi connectivity index (χ3v) is 7.00. The van der Waals surface area contributed by atoms with Gasteiger partial charge in [0.05, 0.1) is 18.8 Å². The summed E-state index contributed by atoms with van der Waals surface area (Å²) in [6, 6.07) is -0.0569. The number of sulfonamides is 1. The molecule has 0 aromatic carbocycles. The largest absolute Gasteiger partial charge is 0.337 e. The molecule has 1 amide bonds. The molecule has 0 unspecified atom stereocenters. The fourth-order valence-corrected chi connectivity index (χ4v) is 5.16. The van der Waals surface area contributed by atoms with E-state index >= 15 is 0 Å². The zero-order valence-electron chi connectivity index (χ0n) is 16.3. The van der Waals surface area contributed by atoms with E-state index in [1.807, 2.05) is 20.9 Å². The molecule has 0 atom stereocenters. The van der Waals surface area contributed by atoms with Crippen molar-refractivity contribution in [2.75, 3.05) is 19.6 Å². The van der Waals surface area contributed by atoms with Crippen molar-refractivity contribution in [3.8, 4) is 0 Å². The van der Waals surface area contributed by atoms with Crippen molar-refractivity contribution in [1.29, 1.82) is 0 Å². The van der Waals surface area contributed by atoms with Gasteiger partial charge in [0, 0.05) is 45.2 Å². The lowest BCUT2D eigenvalue weighted by Gasteiger charge is -2.37. The second-order valence-electron chi connectivity index (χ2n) is 7.79. The van der Waals surface area contributed by atoms with Gasteiger partial charge in [-0.3, -0.25) is 4.79 Å². The Labute approximate surface area is 164 Å². The average Bonchev–Trinajstić information content (AvgIpc) is 3.28. The Balaban J connectivity index is 1.40. The summed E-state index contributed by atoms with van der Waals surface area (Å²) in [6.45, 7) is 5.85. The SMILES string of the molecule is CC(C)c1nc(S(=O)(=O)N2CC(n3cc(CN4CCCC4=O)nn3)C2)cn1C. The number of likely N-dealkylation sites (tertiary alicyclic amines) is 1. The highest BCUT2D eigenvalue weighted by molar-refractivity contribution is 7.89. The minimum Gasteiger partial charge on any atom is -0.337 e. The lowest BCUT2D eigenvalue weighted by atomic mass is 10.2.